The molecular formula is C18H34N2. The molecule has 0 amide bonds. The van der Waals surface area contributed by atoms with Crippen LogP contribution in [0, 0.1) is 11.3 Å². The van der Waals surface area contributed by atoms with E-state index < -0.39 is 0 Å². The molecule has 116 valence electrons. The number of unbranched alkanes of at least 4 members (excludes halogenated alkanes) is 2. The molecule has 0 aromatic carbocycles. The van der Waals surface area contributed by atoms with Crippen LogP contribution in [-0.2, 0) is 0 Å². The smallest absolute Gasteiger partial charge is 0.0985 e. The minimum absolute atomic E-state index is 0.467. The molecule has 0 aliphatic heterocycles. The van der Waals surface area contributed by atoms with E-state index >= 15 is 0 Å². The van der Waals surface area contributed by atoms with Gasteiger partial charge in [0.2, 0.25) is 0 Å². The summed E-state index contributed by atoms with van der Waals surface area (Å²) in [6.45, 7) is 19.7. The highest BCUT2D eigenvalue weighted by atomic mass is 15.1. The van der Waals surface area contributed by atoms with Crippen molar-refractivity contribution in [3.63, 3.8) is 0 Å². The lowest BCUT2D eigenvalue weighted by Crippen LogP contribution is -2.21. The van der Waals surface area contributed by atoms with E-state index in [1.54, 1.807) is 6.08 Å². The van der Waals surface area contributed by atoms with Gasteiger partial charge in [-0.05, 0) is 31.7 Å². The van der Waals surface area contributed by atoms with Crippen molar-refractivity contribution in [2.75, 3.05) is 20.1 Å². The van der Waals surface area contributed by atoms with Gasteiger partial charge in [0.05, 0.1) is 6.07 Å². The van der Waals surface area contributed by atoms with Crippen molar-refractivity contribution in [3.05, 3.63) is 36.5 Å². The first-order chi connectivity index (χ1) is 9.60. The predicted octanol–water partition coefficient (Wildman–Crippen LogP) is 5.35. The van der Waals surface area contributed by atoms with E-state index in [1.807, 2.05) is 39.8 Å². The van der Waals surface area contributed by atoms with Crippen LogP contribution in [0.3, 0.4) is 0 Å². The van der Waals surface area contributed by atoms with Gasteiger partial charge in [0.15, 0.2) is 0 Å². The van der Waals surface area contributed by atoms with Gasteiger partial charge in [-0.2, -0.15) is 5.26 Å². The molecule has 0 aromatic rings. The zero-order valence-corrected chi connectivity index (χ0v) is 14.5. The van der Waals surface area contributed by atoms with E-state index in [4.69, 9.17) is 5.26 Å². The first-order valence-corrected chi connectivity index (χ1v) is 7.73. The van der Waals surface area contributed by atoms with Gasteiger partial charge in [-0.25, -0.2) is 0 Å². The second-order valence-electron chi connectivity index (χ2n) is 4.07. The lowest BCUT2D eigenvalue weighted by atomic mass is 10.2. The van der Waals surface area contributed by atoms with Gasteiger partial charge < -0.3 is 4.90 Å². The first kappa shape index (κ1) is 23.7. The van der Waals surface area contributed by atoms with Crippen LogP contribution in [0.1, 0.15) is 53.9 Å². The standard InChI is InChI=1S/C14H22N2.2C2H6/c1-5-6-7-10-16(4)12-14(3)9-8-13(2)11-15;2*1-2/h8-9H,2-3,5-7,10,12H2,1,4H3;2*1-2H3/b9-8-;;. The van der Waals surface area contributed by atoms with E-state index in [1.165, 1.54) is 19.3 Å². The average molecular weight is 278 g/mol. The van der Waals surface area contributed by atoms with Crippen LogP contribution >= 0.6 is 0 Å². The Balaban J connectivity index is -0.000000656. The third-order valence-electron chi connectivity index (χ3n) is 2.28. The normalized spacial score (nSPS) is 9.10. The van der Waals surface area contributed by atoms with E-state index in [2.05, 4.69) is 32.0 Å². The summed E-state index contributed by atoms with van der Waals surface area (Å²) >= 11 is 0. The molecule has 0 aromatic heterocycles. The molecule has 0 radical (unpaired) electrons. The topological polar surface area (TPSA) is 27.0 Å². The first-order valence-electron chi connectivity index (χ1n) is 7.73. The number of nitriles is 1. The maximum Gasteiger partial charge on any atom is 0.0985 e. The van der Waals surface area contributed by atoms with Crippen molar-refractivity contribution < 1.29 is 0 Å². The molecule has 2 heteroatoms. The van der Waals surface area contributed by atoms with Gasteiger partial charge in [-0.3, -0.25) is 0 Å². The number of allylic oxidation sites excluding steroid dienone is 2. The van der Waals surface area contributed by atoms with Crippen LogP contribution in [0.4, 0.5) is 0 Å². The Bertz CT molecular complexity index is 295. The highest BCUT2D eigenvalue weighted by Crippen LogP contribution is 2.02. The monoisotopic (exact) mass is 278 g/mol. The van der Waals surface area contributed by atoms with Crippen molar-refractivity contribution in [1.29, 1.82) is 5.26 Å². The van der Waals surface area contributed by atoms with Gasteiger partial charge >= 0.3 is 0 Å². The van der Waals surface area contributed by atoms with Crippen LogP contribution in [0.25, 0.3) is 0 Å². The Kier molecular flexibility index (Phi) is 23.7. The Morgan fingerprint density at radius 3 is 2.10 bits per heavy atom. The average Bonchev–Trinajstić information content (AvgIpc) is 2.49. The molecule has 0 spiro atoms. The molecule has 0 rings (SSSR count). The predicted molar refractivity (Wildman–Crippen MR) is 92.8 cm³/mol. The minimum Gasteiger partial charge on any atom is -0.302 e. The molecular weight excluding hydrogens is 244 g/mol. The quantitative estimate of drug-likeness (QED) is 0.340. The number of likely N-dealkylation sites (N-methyl/N-ethyl adjacent to an activating group) is 1. The maximum absolute atomic E-state index is 8.53. The summed E-state index contributed by atoms with van der Waals surface area (Å²) in [6, 6.07) is 1.98. The molecule has 0 saturated carbocycles. The van der Waals surface area contributed by atoms with Gasteiger partial charge in [-0.1, -0.05) is 66.7 Å². The lowest BCUT2D eigenvalue weighted by Gasteiger charge is -2.16. The van der Waals surface area contributed by atoms with Crippen LogP contribution in [0.2, 0.25) is 0 Å². The molecule has 0 saturated heterocycles. The Labute approximate surface area is 127 Å². The van der Waals surface area contributed by atoms with E-state index in [9.17, 15) is 0 Å². The van der Waals surface area contributed by atoms with Crippen molar-refractivity contribution in [1.82, 2.24) is 4.90 Å². The summed E-state index contributed by atoms with van der Waals surface area (Å²) in [5.41, 5.74) is 1.48. The molecule has 0 N–H and O–H groups in total. The Hall–Kier alpha value is -1.33. The summed E-state index contributed by atoms with van der Waals surface area (Å²) in [5, 5.41) is 8.53. The molecule has 0 aliphatic carbocycles. The number of hydrogen-bond donors (Lipinski definition) is 0. The molecule has 0 heterocycles. The van der Waals surface area contributed by atoms with E-state index in [0.717, 1.165) is 18.7 Å². The van der Waals surface area contributed by atoms with Crippen molar-refractivity contribution >= 4 is 0 Å². The maximum atomic E-state index is 8.53. The van der Waals surface area contributed by atoms with Crippen molar-refractivity contribution in [3.8, 4) is 6.07 Å². The van der Waals surface area contributed by atoms with Gasteiger partial charge in [-0.15, -0.1) is 0 Å². The summed E-state index contributed by atoms with van der Waals surface area (Å²) in [6.07, 6.45) is 7.33. The second kappa shape index (κ2) is 20.0. The molecule has 0 atom stereocenters. The number of hydrogen-bond acceptors (Lipinski definition) is 2. The lowest BCUT2D eigenvalue weighted by molar-refractivity contribution is 0.354. The van der Waals surface area contributed by atoms with Crippen molar-refractivity contribution in [2.24, 2.45) is 0 Å². The Morgan fingerprint density at radius 2 is 1.65 bits per heavy atom. The summed E-state index contributed by atoms with van der Waals surface area (Å²) in [4.78, 5) is 2.25. The zero-order valence-electron chi connectivity index (χ0n) is 14.5. The molecule has 20 heavy (non-hydrogen) atoms. The Morgan fingerprint density at radius 1 is 1.10 bits per heavy atom. The van der Waals surface area contributed by atoms with Crippen LogP contribution < -0.4 is 0 Å². The summed E-state index contributed by atoms with van der Waals surface area (Å²) in [7, 11) is 2.09. The van der Waals surface area contributed by atoms with Gasteiger partial charge in [0.1, 0.15) is 0 Å². The highest BCUT2D eigenvalue weighted by molar-refractivity contribution is 5.33. The minimum atomic E-state index is 0.467. The van der Waals surface area contributed by atoms with Crippen LogP contribution in [0.15, 0.2) is 36.5 Å². The van der Waals surface area contributed by atoms with Crippen LogP contribution in [-0.4, -0.2) is 25.0 Å². The van der Waals surface area contributed by atoms with Gasteiger partial charge in [0, 0.05) is 12.1 Å². The highest BCUT2D eigenvalue weighted by Gasteiger charge is 1.98. The van der Waals surface area contributed by atoms with E-state index in [-0.39, 0.29) is 0 Å². The fraction of sp³-hybridized carbons (Fsp3) is 0.611. The molecule has 0 aliphatic rings. The number of nitrogens with zero attached hydrogens (tertiary/aromatic N) is 2. The van der Waals surface area contributed by atoms with Gasteiger partial charge in [0.25, 0.3) is 0 Å². The SMILES string of the molecule is C=C(C#N)/C=C\C(=C)CN(C)CCCCC.CC.CC. The fourth-order valence-electron chi connectivity index (χ4n) is 1.37. The largest absolute Gasteiger partial charge is 0.302 e. The number of rotatable bonds is 8. The molecule has 0 bridgehead atoms. The van der Waals surface area contributed by atoms with Crippen LogP contribution in [0.5, 0.6) is 0 Å². The second-order valence-corrected chi connectivity index (χ2v) is 4.07. The third kappa shape index (κ3) is 19.0. The molecule has 2 nitrogen and oxygen atoms in total. The molecule has 0 unspecified atom stereocenters. The van der Waals surface area contributed by atoms with Crippen molar-refractivity contribution in [2.45, 2.75) is 53.9 Å². The summed E-state index contributed by atoms with van der Waals surface area (Å²) in [5.74, 6) is 0. The third-order valence-corrected chi connectivity index (χ3v) is 2.28. The zero-order chi connectivity index (χ0) is 16.4. The fourth-order valence-corrected chi connectivity index (χ4v) is 1.37. The van der Waals surface area contributed by atoms with E-state index in [0.29, 0.717) is 5.57 Å². The summed E-state index contributed by atoms with van der Waals surface area (Å²) < 4.78 is 0. The molecule has 0 fully saturated rings.